The first-order chi connectivity index (χ1) is 20.7. The summed E-state index contributed by atoms with van der Waals surface area (Å²) in [5.74, 6) is 0.637. The molecule has 1 aromatic heterocycles. The summed E-state index contributed by atoms with van der Waals surface area (Å²) >= 11 is 0. The Morgan fingerprint density at radius 3 is 2.81 bits per heavy atom. The number of piperidine rings is 1. The number of carbonyl (C=O) groups is 1. The van der Waals surface area contributed by atoms with Crippen LogP contribution in [0.15, 0.2) is 40.6 Å². The lowest BCUT2D eigenvalue weighted by atomic mass is 9.87. The number of carbonyl (C=O) groups excluding carboxylic acids is 1. The molecule has 2 atom stereocenters. The Bertz CT molecular complexity index is 1550. The van der Waals surface area contributed by atoms with Gasteiger partial charge in [0.15, 0.2) is 6.04 Å². The standard InChI is InChI=1S/C30H31F4N7O2/c1-39-7-4-17(5-8-39)14-40-15-18-10-25(30(32,33)34)35-11-20(18)22-13-37-29(41-16-38-26(27(22)41)28(40)42)36-12-21-19-6-9-43-24(19)3-2-23(21)31/h2-3,10-11,13,16-17,26-27H,4-9,12,14-15H2,1H3,(H,36,37). The fourth-order valence-electron chi connectivity index (χ4n) is 6.69. The van der Waals surface area contributed by atoms with E-state index in [1.807, 2.05) is 0 Å². The van der Waals surface area contributed by atoms with E-state index in [1.54, 1.807) is 22.1 Å². The Morgan fingerprint density at radius 1 is 1.21 bits per heavy atom. The van der Waals surface area contributed by atoms with Gasteiger partial charge >= 0.3 is 6.18 Å². The molecule has 1 fully saturated rings. The molecule has 0 spiro atoms. The van der Waals surface area contributed by atoms with Crippen molar-refractivity contribution in [1.29, 1.82) is 0 Å². The predicted octanol–water partition coefficient (Wildman–Crippen LogP) is 3.44. The zero-order valence-electron chi connectivity index (χ0n) is 23.6. The number of hydrogen-bond donors (Lipinski definition) is 1. The number of nitrogens with one attached hydrogen (secondary N) is 1. The molecule has 1 amide bonds. The molecule has 0 bridgehead atoms. The number of fused-ring (bicyclic) bond motifs is 3. The highest BCUT2D eigenvalue weighted by atomic mass is 19.4. The van der Waals surface area contributed by atoms with Gasteiger partial charge in [-0.15, -0.1) is 0 Å². The van der Waals surface area contributed by atoms with Gasteiger partial charge in [-0.25, -0.2) is 9.38 Å². The summed E-state index contributed by atoms with van der Waals surface area (Å²) in [7, 11) is 2.05. The van der Waals surface area contributed by atoms with E-state index in [9.17, 15) is 22.4 Å². The molecule has 5 aliphatic rings. The van der Waals surface area contributed by atoms with Crippen molar-refractivity contribution in [1.82, 2.24) is 25.0 Å². The molecular weight excluding hydrogens is 566 g/mol. The molecule has 7 rings (SSSR count). The van der Waals surface area contributed by atoms with Crippen molar-refractivity contribution in [3.05, 3.63) is 64.4 Å². The van der Waals surface area contributed by atoms with Crippen LogP contribution in [0.2, 0.25) is 0 Å². The van der Waals surface area contributed by atoms with Gasteiger partial charge in [-0.05, 0) is 62.7 Å². The zero-order valence-corrected chi connectivity index (χ0v) is 23.6. The van der Waals surface area contributed by atoms with E-state index in [2.05, 4.69) is 32.2 Å². The first-order valence-corrected chi connectivity index (χ1v) is 14.5. The van der Waals surface area contributed by atoms with E-state index in [0.717, 1.165) is 37.6 Å². The number of pyridine rings is 1. The van der Waals surface area contributed by atoms with Crippen molar-refractivity contribution < 1.29 is 27.1 Å². The first-order valence-electron chi connectivity index (χ1n) is 14.5. The molecule has 0 radical (unpaired) electrons. The molecular formula is C30H31F4N7O2. The average Bonchev–Trinajstić information content (AvgIpc) is 3.64. The van der Waals surface area contributed by atoms with Crippen LogP contribution in [-0.2, 0) is 30.5 Å². The van der Waals surface area contributed by atoms with Crippen molar-refractivity contribution in [3.63, 3.8) is 0 Å². The summed E-state index contributed by atoms with van der Waals surface area (Å²) in [6.07, 6.45) is 2.21. The molecule has 6 heterocycles. The van der Waals surface area contributed by atoms with Gasteiger partial charge in [0.25, 0.3) is 0 Å². The number of aromatic nitrogens is 1. The number of halogens is 4. The molecule has 1 N–H and O–H groups in total. The van der Waals surface area contributed by atoms with Crippen molar-refractivity contribution in [2.45, 2.75) is 50.6 Å². The summed E-state index contributed by atoms with van der Waals surface area (Å²) in [4.78, 5) is 32.7. The average molecular weight is 598 g/mol. The van der Waals surface area contributed by atoms with Crippen molar-refractivity contribution in [2.24, 2.45) is 15.9 Å². The maximum Gasteiger partial charge on any atom is 0.433 e. The van der Waals surface area contributed by atoms with Crippen LogP contribution in [0.3, 0.4) is 0 Å². The highest BCUT2D eigenvalue weighted by Gasteiger charge is 2.47. The number of rotatable bonds is 4. The molecule has 1 saturated heterocycles. The summed E-state index contributed by atoms with van der Waals surface area (Å²) in [6, 6.07) is 2.58. The molecule has 2 unspecified atom stereocenters. The van der Waals surface area contributed by atoms with Crippen molar-refractivity contribution >= 4 is 23.8 Å². The van der Waals surface area contributed by atoms with Crippen LogP contribution in [-0.4, -0.2) is 83.3 Å². The highest BCUT2D eigenvalue weighted by Crippen LogP contribution is 2.39. The lowest BCUT2D eigenvalue weighted by Crippen LogP contribution is -2.55. The fourth-order valence-corrected chi connectivity index (χ4v) is 6.69. The maximum atomic E-state index is 14.8. The van der Waals surface area contributed by atoms with Crippen molar-refractivity contribution in [2.75, 3.05) is 33.3 Å². The van der Waals surface area contributed by atoms with Crippen LogP contribution in [0.25, 0.3) is 5.57 Å². The van der Waals surface area contributed by atoms with Gasteiger partial charge in [-0.1, -0.05) is 0 Å². The Hall–Kier alpha value is -4.00. The molecule has 226 valence electrons. The van der Waals surface area contributed by atoms with E-state index in [4.69, 9.17) is 4.74 Å². The lowest BCUT2D eigenvalue weighted by Gasteiger charge is -2.40. The Labute approximate surface area is 245 Å². The maximum absolute atomic E-state index is 14.8. The second-order valence-corrected chi connectivity index (χ2v) is 11.7. The van der Waals surface area contributed by atoms with Gasteiger partial charge in [0.05, 0.1) is 25.5 Å². The molecule has 9 nitrogen and oxygen atoms in total. The SMILES string of the molecule is CN1CCC(CN2Cc3cc(C(F)(F)F)ncc3C3=CNC(=NCc4c(F)ccc5c4CCO5)N4C=NC(C2=O)C34)CC1. The Morgan fingerprint density at radius 2 is 2.02 bits per heavy atom. The second-order valence-electron chi connectivity index (χ2n) is 11.7. The third kappa shape index (κ3) is 5.02. The van der Waals surface area contributed by atoms with E-state index < -0.39 is 24.0 Å². The Kier molecular flexibility index (Phi) is 6.87. The van der Waals surface area contributed by atoms with Gasteiger partial charge in [0.1, 0.15) is 17.3 Å². The number of hydrogen-bond acceptors (Lipinski definition) is 6. The van der Waals surface area contributed by atoms with Crippen LogP contribution in [0, 0.1) is 11.7 Å². The van der Waals surface area contributed by atoms with Crippen LogP contribution < -0.4 is 10.1 Å². The number of alkyl halides is 3. The van der Waals surface area contributed by atoms with Crippen LogP contribution in [0.4, 0.5) is 17.6 Å². The summed E-state index contributed by atoms with van der Waals surface area (Å²) in [6.45, 7) is 2.79. The molecule has 43 heavy (non-hydrogen) atoms. The third-order valence-electron chi connectivity index (χ3n) is 9.03. The minimum absolute atomic E-state index is 0.0313. The quantitative estimate of drug-likeness (QED) is 0.544. The summed E-state index contributed by atoms with van der Waals surface area (Å²) < 4.78 is 61.6. The molecule has 2 aromatic rings. The van der Waals surface area contributed by atoms with E-state index >= 15 is 0 Å². The number of guanidine groups is 1. The third-order valence-corrected chi connectivity index (χ3v) is 9.03. The van der Waals surface area contributed by atoms with Crippen LogP contribution in [0.5, 0.6) is 5.75 Å². The number of amides is 1. The minimum atomic E-state index is -4.62. The molecule has 5 aliphatic heterocycles. The molecule has 13 heteroatoms. The van der Waals surface area contributed by atoms with Gasteiger partial charge in [-0.2, -0.15) is 13.2 Å². The van der Waals surface area contributed by atoms with Gasteiger partial charge in [0, 0.05) is 54.2 Å². The summed E-state index contributed by atoms with van der Waals surface area (Å²) in [5.41, 5.74) is 1.74. The smallest absolute Gasteiger partial charge is 0.433 e. The normalized spacial score (nSPS) is 24.6. The van der Waals surface area contributed by atoms with Gasteiger partial charge < -0.3 is 19.9 Å². The molecule has 1 aromatic carbocycles. The topological polar surface area (TPSA) is 85.7 Å². The van der Waals surface area contributed by atoms with Gasteiger partial charge in [0.2, 0.25) is 11.9 Å². The lowest BCUT2D eigenvalue weighted by molar-refractivity contribution is -0.141. The number of ether oxygens (including phenoxy) is 1. The van der Waals surface area contributed by atoms with Crippen LogP contribution in [0.1, 0.15) is 40.8 Å². The Balaban J connectivity index is 1.25. The molecule has 0 aliphatic carbocycles. The van der Waals surface area contributed by atoms with E-state index in [0.29, 0.717) is 53.5 Å². The van der Waals surface area contributed by atoms with E-state index in [1.165, 1.54) is 18.6 Å². The van der Waals surface area contributed by atoms with Gasteiger partial charge in [-0.3, -0.25) is 19.7 Å². The molecule has 0 saturated carbocycles. The number of likely N-dealkylation sites (tertiary alicyclic amines) is 1. The number of nitrogens with zero attached hydrogens (tertiary/aromatic N) is 6. The fraction of sp³-hybridized carbons (Fsp3) is 0.467. The monoisotopic (exact) mass is 597 g/mol. The largest absolute Gasteiger partial charge is 0.493 e. The van der Waals surface area contributed by atoms with Crippen LogP contribution >= 0.6 is 0 Å². The van der Waals surface area contributed by atoms with E-state index in [-0.39, 0.29) is 30.7 Å². The first kappa shape index (κ1) is 27.8. The van der Waals surface area contributed by atoms with Crippen molar-refractivity contribution in [3.8, 4) is 5.75 Å². The second kappa shape index (κ2) is 10.6. The minimum Gasteiger partial charge on any atom is -0.493 e. The number of aliphatic imine (C=N–C) groups is 2. The summed E-state index contributed by atoms with van der Waals surface area (Å²) in [5, 5.41) is 3.12. The predicted molar refractivity (Wildman–Crippen MR) is 151 cm³/mol. The number of benzene rings is 1. The highest BCUT2D eigenvalue weighted by molar-refractivity contribution is 6.03. The zero-order chi connectivity index (χ0) is 29.9.